The highest BCUT2D eigenvalue weighted by atomic mass is 19.3. The molecule has 3 N–H and O–H groups in total. The topological polar surface area (TPSA) is 78.4 Å². The quantitative estimate of drug-likeness (QED) is 0.690. The Morgan fingerprint density at radius 2 is 1.79 bits per heavy atom. The molecule has 104 valence electrons. The summed E-state index contributed by atoms with van der Waals surface area (Å²) in [5.74, 6) is -4.58. The lowest BCUT2D eigenvalue weighted by atomic mass is 10.2. The van der Waals surface area contributed by atoms with Crippen LogP contribution in [0.15, 0.2) is 30.3 Å². The van der Waals surface area contributed by atoms with Crippen molar-refractivity contribution < 1.29 is 23.5 Å². The van der Waals surface area contributed by atoms with Gasteiger partial charge in [0.2, 0.25) is 5.91 Å². The van der Waals surface area contributed by atoms with Crippen molar-refractivity contribution in [2.45, 2.75) is 5.92 Å². The smallest absolute Gasteiger partial charge is 0.287 e. The minimum atomic E-state index is -3.36. The normalized spacial score (nSPS) is 10.9. The second kappa shape index (κ2) is 6.79. The summed E-state index contributed by atoms with van der Waals surface area (Å²) >= 11 is 0. The maximum Gasteiger partial charge on any atom is 0.287 e. The van der Waals surface area contributed by atoms with E-state index in [4.69, 9.17) is 5.11 Å². The fraction of sp³-hybridized carbons (Fsp3) is 0.333. The van der Waals surface area contributed by atoms with Crippen molar-refractivity contribution >= 4 is 11.8 Å². The van der Waals surface area contributed by atoms with Gasteiger partial charge in [0.1, 0.15) is 6.61 Å². The van der Waals surface area contributed by atoms with E-state index >= 15 is 0 Å². The summed E-state index contributed by atoms with van der Waals surface area (Å²) in [6.07, 6.45) is 0. The van der Waals surface area contributed by atoms with Gasteiger partial charge in [-0.3, -0.25) is 9.59 Å². The van der Waals surface area contributed by atoms with Crippen LogP contribution in [0.5, 0.6) is 0 Å². The zero-order valence-electron chi connectivity index (χ0n) is 10.0. The van der Waals surface area contributed by atoms with Gasteiger partial charge in [-0.15, -0.1) is 0 Å². The highest BCUT2D eigenvalue weighted by Gasteiger charge is 2.28. The predicted octanol–water partition coefficient (Wildman–Crippen LogP) is 0.160. The van der Waals surface area contributed by atoms with Crippen molar-refractivity contribution in [2.24, 2.45) is 0 Å². The van der Waals surface area contributed by atoms with Gasteiger partial charge in [0.15, 0.2) is 0 Å². The van der Waals surface area contributed by atoms with Gasteiger partial charge in [-0.1, -0.05) is 18.2 Å². The van der Waals surface area contributed by atoms with E-state index in [2.05, 4.69) is 5.32 Å². The molecule has 0 aliphatic heterocycles. The van der Waals surface area contributed by atoms with Crippen molar-refractivity contribution in [3.63, 3.8) is 0 Å². The molecule has 0 spiro atoms. The number of halogens is 2. The number of carbonyl (C=O) groups is 2. The van der Waals surface area contributed by atoms with Crippen molar-refractivity contribution in [1.82, 2.24) is 10.6 Å². The second-order valence-corrected chi connectivity index (χ2v) is 3.84. The van der Waals surface area contributed by atoms with E-state index < -0.39 is 37.4 Å². The standard InChI is InChI=1S/C12H14F2N2O3/c13-12(14,8-17)7-16-10(18)6-15-11(19)9-4-2-1-3-5-9/h1-5,17H,6-8H2,(H,15,19)(H,16,18). The first-order chi connectivity index (χ1) is 8.94. The van der Waals surface area contributed by atoms with Crippen LogP contribution in [0.1, 0.15) is 10.4 Å². The molecule has 0 fully saturated rings. The van der Waals surface area contributed by atoms with Crippen LogP contribution in [0.3, 0.4) is 0 Å². The second-order valence-electron chi connectivity index (χ2n) is 3.84. The molecule has 1 aromatic rings. The summed E-state index contributed by atoms with van der Waals surface area (Å²) in [5.41, 5.74) is 0.371. The van der Waals surface area contributed by atoms with E-state index in [-0.39, 0.29) is 0 Å². The van der Waals surface area contributed by atoms with Gasteiger partial charge in [0.05, 0.1) is 13.1 Å². The summed E-state index contributed by atoms with van der Waals surface area (Å²) in [4.78, 5) is 22.7. The third-order valence-corrected chi connectivity index (χ3v) is 2.22. The summed E-state index contributed by atoms with van der Waals surface area (Å²) in [5, 5.41) is 12.5. The van der Waals surface area contributed by atoms with Gasteiger partial charge in [-0.25, -0.2) is 8.78 Å². The van der Waals surface area contributed by atoms with Crippen LogP contribution in [0.2, 0.25) is 0 Å². The number of amides is 2. The van der Waals surface area contributed by atoms with Gasteiger partial charge < -0.3 is 15.7 Å². The van der Waals surface area contributed by atoms with Crippen LogP contribution < -0.4 is 10.6 Å². The molecule has 0 atom stereocenters. The van der Waals surface area contributed by atoms with Crippen LogP contribution in [0, 0.1) is 0 Å². The molecule has 0 aromatic heterocycles. The number of hydrogen-bond acceptors (Lipinski definition) is 3. The van der Waals surface area contributed by atoms with Gasteiger partial charge in [0.25, 0.3) is 11.8 Å². The lowest BCUT2D eigenvalue weighted by Crippen LogP contribution is -2.43. The van der Waals surface area contributed by atoms with Gasteiger partial charge in [-0.2, -0.15) is 0 Å². The Balaban J connectivity index is 2.33. The molecular weight excluding hydrogens is 258 g/mol. The van der Waals surface area contributed by atoms with Gasteiger partial charge >= 0.3 is 0 Å². The number of alkyl halides is 2. The lowest BCUT2D eigenvalue weighted by molar-refractivity contribution is -0.123. The van der Waals surface area contributed by atoms with E-state index in [0.29, 0.717) is 5.56 Å². The number of aliphatic hydroxyl groups is 1. The molecule has 1 rings (SSSR count). The maximum atomic E-state index is 12.6. The van der Waals surface area contributed by atoms with Crippen LogP contribution in [-0.4, -0.2) is 42.5 Å². The van der Waals surface area contributed by atoms with E-state index in [1.54, 1.807) is 30.3 Å². The number of rotatable bonds is 6. The molecule has 1 aromatic carbocycles. The highest BCUT2D eigenvalue weighted by molar-refractivity contribution is 5.96. The Hall–Kier alpha value is -2.02. The predicted molar refractivity (Wildman–Crippen MR) is 63.8 cm³/mol. The Labute approximate surface area is 108 Å². The van der Waals surface area contributed by atoms with Gasteiger partial charge in [0, 0.05) is 5.56 Å². The molecule has 2 amide bonds. The number of carbonyl (C=O) groups excluding carboxylic acids is 2. The fourth-order valence-corrected chi connectivity index (χ4v) is 1.20. The number of benzene rings is 1. The van der Waals surface area contributed by atoms with E-state index in [9.17, 15) is 18.4 Å². The minimum absolute atomic E-state index is 0.371. The van der Waals surface area contributed by atoms with E-state index in [1.807, 2.05) is 5.32 Å². The fourth-order valence-electron chi connectivity index (χ4n) is 1.20. The largest absolute Gasteiger partial charge is 0.390 e. The molecular formula is C12H14F2N2O3. The Bertz CT molecular complexity index is 438. The zero-order chi connectivity index (χ0) is 14.3. The van der Waals surface area contributed by atoms with Crippen LogP contribution in [-0.2, 0) is 4.79 Å². The molecule has 0 radical (unpaired) electrons. The molecule has 0 unspecified atom stereocenters. The molecule has 0 saturated carbocycles. The number of hydrogen-bond donors (Lipinski definition) is 3. The summed E-state index contributed by atoms with van der Waals surface area (Å²) < 4.78 is 25.2. The monoisotopic (exact) mass is 272 g/mol. The van der Waals surface area contributed by atoms with Crippen molar-refractivity contribution in [1.29, 1.82) is 0 Å². The Morgan fingerprint density at radius 1 is 1.16 bits per heavy atom. The Morgan fingerprint density at radius 3 is 2.37 bits per heavy atom. The number of nitrogens with one attached hydrogen (secondary N) is 2. The molecule has 0 aliphatic rings. The molecule has 0 saturated heterocycles. The lowest BCUT2D eigenvalue weighted by Gasteiger charge is -2.14. The molecule has 0 bridgehead atoms. The minimum Gasteiger partial charge on any atom is -0.390 e. The van der Waals surface area contributed by atoms with E-state index in [0.717, 1.165) is 0 Å². The summed E-state index contributed by atoms with van der Waals surface area (Å²) in [6, 6.07) is 8.19. The third-order valence-electron chi connectivity index (χ3n) is 2.22. The van der Waals surface area contributed by atoms with Crippen molar-refractivity contribution in [3.8, 4) is 0 Å². The molecule has 5 nitrogen and oxygen atoms in total. The van der Waals surface area contributed by atoms with Crippen LogP contribution in [0.25, 0.3) is 0 Å². The van der Waals surface area contributed by atoms with Crippen molar-refractivity contribution in [3.05, 3.63) is 35.9 Å². The van der Waals surface area contributed by atoms with Crippen LogP contribution in [0.4, 0.5) is 8.78 Å². The van der Waals surface area contributed by atoms with Crippen LogP contribution >= 0.6 is 0 Å². The Kier molecular flexibility index (Phi) is 5.37. The van der Waals surface area contributed by atoms with E-state index in [1.165, 1.54) is 0 Å². The first-order valence-electron chi connectivity index (χ1n) is 5.53. The third kappa shape index (κ3) is 5.43. The van der Waals surface area contributed by atoms with Gasteiger partial charge in [-0.05, 0) is 12.1 Å². The summed E-state index contributed by atoms with van der Waals surface area (Å²) in [6.45, 7) is -2.72. The molecule has 0 heterocycles. The first kappa shape index (κ1) is 15.0. The molecule has 19 heavy (non-hydrogen) atoms. The summed E-state index contributed by atoms with van der Waals surface area (Å²) in [7, 11) is 0. The average Bonchev–Trinajstić information content (AvgIpc) is 2.43. The number of aliphatic hydroxyl groups excluding tert-OH is 1. The first-order valence-corrected chi connectivity index (χ1v) is 5.53. The van der Waals surface area contributed by atoms with Crippen molar-refractivity contribution in [2.75, 3.05) is 19.7 Å². The molecule has 0 aliphatic carbocycles. The maximum absolute atomic E-state index is 12.6. The SMILES string of the molecule is O=C(CNC(=O)c1ccccc1)NCC(F)(F)CO. The zero-order valence-corrected chi connectivity index (χ0v) is 10.0. The molecule has 7 heteroatoms. The average molecular weight is 272 g/mol. The highest BCUT2D eigenvalue weighted by Crippen LogP contribution is 2.09.